The van der Waals surface area contributed by atoms with Crippen LogP contribution in [0.3, 0.4) is 0 Å². The molecule has 5 heteroatoms. The predicted octanol–water partition coefficient (Wildman–Crippen LogP) is 5.05. The maximum absolute atomic E-state index is 11.8. The summed E-state index contributed by atoms with van der Waals surface area (Å²) in [5.74, 6) is 0. The molecular formula is C16H14ClIN2O. The minimum Gasteiger partial charge on any atom is -0.314 e. The Morgan fingerprint density at radius 3 is 2.57 bits per heavy atom. The normalized spacial score (nSPS) is 10.6. The van der Waals surface area contributed by atoms with Crippen molar-refractivity contribution in [1.82, 2.24) is 5.32 Å². The third-order valence-corrected chi connectivity index (χ3v) is 3.72. The lowest BCUT2D eigenvalue weighted by Gasteiger charge is -2.08. The number of carbonyl (C=O) groups is 1. The number of hydrogen-bond acceptors (Lipinski definition) is 1. The van der Waals surface area contributed by atoms with Gasteiger partial charge in [-0.1, -0.05) is 23.7 Å². The first-order valence-electron chi connectivity index (χ1n) is 6.30. The number of nitrogens with one attached hydrogen (secondary N) is 2. The van der Waals surface area contributed by atoms with Crippen LogP contribution in [-0.4, -0.2) is 6.03 Å². The summed E-state index contributed by atoms with van der Waals surface area (Å²) < 4.78 is 1.14. The third kappa shape index (κ3) is 5.06. The van der Waals surface area contributed by atoms with Gasteiger partial charge in [-0.05, 0) is 77.0 Å². The molecule has 0 spiro atoms. The van der Waals surface area contributed by atoms with Crippen LogP contribution in [0.25, 0.3) is 6.08 Å². The van der Waals surface area contributed by atoms with Crippen LogP contribution in [0.2, 0.25) is 5.02 Å². The molecule has 2 amide bonds. The molecular weight excluding hydrogens is 399 g/mol. The average molecular weight is 413 g/mol. The largest absolute Gasteiger partial charge is 0.323 e. The van der Waals surface area contributed by atoms with E-state index in [2.05, 4.69) is 33.2 Å². The van der Waals surface area contributed by atoms with Gasteiger partial charge in [-0.3, -0.25) is 0 Å². The Bertz CT molecular complexity index is 668. The topological polar surface area (TPSA) is 41.1 Å². The van der Waals surface area contributed by atoms with Crippen molar-refractivity contribution in [2.75, 3.05) is 5.32 Å². The predicted molar refractivity (Wildman–Crippen MR) is 96.5 cm³/mol. The Morgan fingerprint density at radius 2 is 1.90 bits per heavy atom. The fourth-order valence-corrected chi connectivity index (χ4v) is 2.49. The number of halogens is 2. The van der Waals surface area contributed by atoms with Gasteiger partial charge >= 0.3 is 6.03 Å². The Labute approximate surface area is 142 Å². The van der Waals surface area contributed by atoms with Crippen LogP contribution in [0.1, 0.15) is 11.1 Å². The zero-order valence-corrected chi connectivity index (χ0v) is 14.3. The molecule has 0 aliphatic rings. The molecule has 2 aromatic carbocycles. The van der Waals surface area contributed by atoms with Crippen LogP contribution >= 0.6 is 34.2 Å². The van der Waals surface area contributed by atoms with E-state index in [4.69, 9.17) is 11.6 Å². The summed E-state index contributed by atoms with van der Waals surface area (Å²) in [4.78, 5) is 11.8. The number of urea groups is 1. The highest BCUT2D eigenvalue weighted by atomic mass is 127. The van der Waals surface area contributed by atoms with Crippen LogP contribution in [0, 0.1) is 10.5 Å². The lowest BCUT2D eigenvalue weighted by Crippen LogP contribution is -2.24. The van der Waals surface area contributed by atoms with E-state index in [9.17, 15) is 4.79 Å². The van der Waals surface area contributed by atoms with Crippen molar-refractivity contribution in [3.8, 4) is 0 Å². The van der Waals surface area contributed by atoms with E-state index in [1.54, 1.807) is 24.4 Å². The van der Waals surface area contributed by atoms with E-state index in [0.29, 0.717) is 5.02 Å². The van der Waals surface area contributed by atoms with Crippen LogP contribution in [0.5, 0.6) is 0 Å². The number of amides is 2. The molecule has 0 heterocycles. The number of rotatable bonds is 3. The quantitative estimate of drug-likeness (QED) is 0.681. The first kappa shape index (κ1) is 15.9. The fourth-order valence-electron chi connectivity index (χ4n) is 1.71. The summed E-state index contributed by atoms with van der Waals surface area (Å²) in [7, 11) is 0. The molecule has 2 rings (SSSR count). The van der Waals surface area contributed by atoms with Gasteiger partial charge in [0, 0.05) is 20.5 Å². The highest BCUT2D eigenvalue weighted by molar-refractivity contribution is 14.1. The Hall–Kier alpha value is -1.53. The van der Waals surface area contributed by atoms with Crippen molar-refractivity contribution in [1.29, 1.82) is 0 Å². The molecule has 0 aliphatic heterocycles. The van der Waals surface area contributed by atoms with Gasteiger partial charge in [0.05, 0.1) is 0 Å². The second-order valence-electron chi connectivity index (χ2n) is 4.44. The summed E-state index contributed by atoms with van der Waals surface area (Å²) in [5.41, 5.74) is 2.79. The first-order valence-corrected chi connectivity index (χ1v) is 7.76. The second kappa shape index (κ2) is 7.47. The van der Waals surface area contributed by atoms with Gasteiger partial charge in [-0.15, -0.1) is 0 Å². The van der Waals surface area contributed by atoms with Gasteiger partial charge in [-0.25, -0.2) is 4.79 Å². The summed E-state index contributed by atoms with van der Waals surface area (Å²) in [6.07, 6.45) is 3.40. The maximum atomic E-state index is 11.8. The molecule has 0 saturated heterocycles. The minimum absolute atomic E-state index is 0.274. The van der Waals surface area contributed by atoms with Crippen LogP contribution in [0.15, 0.2) is 48.7 Å². The van der Waals surface area contributed by atoms with Crippen LogP contribution in [0.4, 0.5) is 10.5 Å². The molecule has 2 N–H and O–H groups in total. The molecule has 0 radical (unpaired) electrons. The number of aryl methyl sites for hydroxylation is 1. The lowest BCUT2D eigenvalue weighted by atomic mass is 10.2. The molecule has 0 fully saturated rings. The first-order chi connectivity index (χ1) is 10.0. The Kier molecular flexibility index (Phi) is 5.64. The van der Waals surface area contributed by atoms with Gasteiger partial charge in [0.25, 0.3) is 0 Å². The van der Waals surface area contributed by atoms with Gasteiger partial charge in [0.15, 0.2) is 0 Å². The molecule has 0 saturated carbocycles. The van der Waals surface area contributed by atoms with E-state index < -0.39 is 0 Å². The van der Waals surface area contributed by atoms with Crippen LogP contribution < -0.4 is 10.6 Å². The molecule has 3 nitrogen and oxygen atoms in total. The summed E-state index contributed by atoms with van der Waals surface area (Å²) in [6, 6.07) is 12.9. The minimum atomic E-state index is -0.274. The van der Waals surface area contributed by atoms with Crippen molar-refractivity contribution in [2.45, 2.75) is 6.92 Å². The van der Waals surface area contributed by atoms with Gasteiger partial charge in [-0.2, -0.15) is 0 Å². The van der Waals surface area contributed by atoms with E-state index in [1.165, 1.54) is 0 Å². The highest BCUT2D eigenvalue weighted by Crippen LogP contribution is 2.17. The molecule has 0 bridgehead atoms. The Balaban J connectivity index is 1.91. The highest BCUT2D eigenvalue weighted by Gasteiger charge is 2.02. The number of carbonyl (C=O) groups excluding carboxylic acids is 1. The fraction of sp³-hybridized carbons (Fsp3) is 0.0625. The molecule has 0 atom stereocenters. The zero-order chi connectivity index (χ0) is 15.2. The second-order valence-corrected chi connectivity index (χ2v) is 6.12. The van der Waals surface area contributed by atoms with Crippen molar-refractivity contribution in [3.05, 3.63) is 68.4 Å². The standard InChI is InChI=1S/C16H14ClIN2O/c1-11-10-14(18)6-7-15(11)20-16(21)19-9-8-12-2-4-13(17)5-3-12/h2-10H,1H3,(H2,19,20,21)/b9-8+. The number of anilines is 1. The van der Waals surface area contributed by atoms with Crippen molar-refractivity contribution < 1.29 is 4.79 Å². The zero-order valence-electron chi connectivity index (χ0n) is 11.4. The van der Waals surface area contributed by atoms with Crippen LogP contribution in [-0.2, 0) is 0 Å². The van der Waals surface area contributed by atoms with Gasteiger partial charge in [0.2, 0.25) is 0 Å². The van der Waals surface area contributed by atoms with E-state index in [1.807, 2.05) is 37.3 Å². The smallest absolute Gasteiger partial charge is 0.314 e. The molecule has 2 aromatic rings. The Morgan fingerprint density at radius 1 is 1.19 bits per heavy atom. The van der Waals surface area contributed by atoms with Crippen molar-refractivity contribution in [2.24, 2.45) is 0 Å². The molecule has 21 heavy (non-hydrogen) atoms. The van der Waals surface area contributed by atoms with Crippen molar-refractivity contribution in [3.63, 3.8) is 0 Å². The van der Waals surface area contributed by atoms with Gasteiger partial charge in [0.1, 0.15) is 0 Å². The maximum Gasteiger partial charge on any atom is 0.323 e. The molecule has 0 unspecified atom stereocenters. The summed E-state index contributed by atoms with van der Waals surface area (Å²) in [5, 5.41) is 6.16. The average Bonchev–Trinajstić information content (AvgIpc) is 2.44. The number of benzene rings is 2. The third-order valence-electron chi connectivity index (χ3n) is 2.80. The summed E-state index contributed by atoms with van der Waals surface area (Å²) >= 11 is 8.05. The van der Waals surface area contributed by atoms with Crippen molar-refractivity contribution >= 4 is 52.0 Å². The van der Waals surface area contributed by atoms with E-state index in [0.717, 1.165) is 20.4 Å². The van der Waals surface area contributed by atoms with E-state index >= 15 is 0 Å². The molecule has 108 valence electrons. The monoisotopic (exact) mass is 412 g/mol. The summed E-state index contributed by atoms with van der Waals surface area (Å²) in [6.45, 7) is 1.96. The molecule has 0 aliphatic carbocycles. The molecule has 0 aromatic heterocycles. The lowest BCUT2D eigenvalue weighted by molar-refractivity contribution is 0.255. The SMILES string of the molecule is Cc1cc(I)ccc1NC(=O)N/C=C/c1ccc(Cl)cc1. The van der Waals surface area contributed by atoms with Gasteiger partial charge < -0.3 is 10.6 Å². The van der Waals surface area contributed by atoms with E-state index in [-0.39, 0.29) is 6.03 Å². The number of hydrogen-bond donors (Lipinski definition) is 2.